The maximum atomic E-state index is 12.7. The molecule has 2 aliphatic heterocycles. The van der Waals surface area contributed by atoms with E-state index in [9.17, 15) is 14.4 Å². The quantitative estimate of drug-likeness (QED) is 0.757. The van der Waals surface area contributed by atoms with E-state index in [-0.39, 0.29) is 23.7 Å². The Morgan fingerprint density at radius 2 is 1.81 bits per heavy atom. The van der Waals surface area contributed by atoms with Crippen molar-refractivity contribution in [2.45, 2.75) is 39.2 Å². The number of hydrogen-bond donors (Lipinski definition) is 0. The number of nitrogens with zero attached hydrogens (tertiary/aromatic N) is 2. The Bertz CT molecular complexity index is 663. The first-order valence-corrected chi connectivity index (χ1v) is 9.41. The van der Waals surface area contributed by atoms with Gasteiger partial charge >= 0.3 is 5.97 Å². The highest BCUT2D eigenvalue weighted by Gasteiger charge is 2.28. The number of hydrogen-bond acceptors (Lipinski definition) is 4. The molecule has 0 N–H and O–H groups in total. The van der Waals surface area contributed by atoms with Crippen LogP contribution in [0, 0.1) is 5.92 Å². The van der Waals surface area contributed by atoms with Crippen LogP contribution in [-0.4, -0.2) is 53.8 Å². The Hall–Kier alpha value is -2.37. The van der Waals surface area contributed by atoms with Gasteiger partial charge in [0.15, 0.2) is 0 Å². The molecule has 0 aliphatic carbocycles. The van der Waals surface area contributed by atoms with Crippen LogP contribution in [0.5, 0.6) is 0 Å². The van der Waals surface area contributed by atoms with E-state index in [4.69, 9.17) is 4.74 Å². The minimum absolute atomic E-state index is 0.00360. The van der Waals surface area contributed by atoms with Crippen molar-refractivity contribution in [2.75, 3.05) is 26.2 Å². The normalized spacial score (nSPS) is 18.3. The first-order chi connectivity index (χ1) is 12.6. The molecule has 3 rings (SSSR count). The molecular formula is C20H26N2O4. The zero-order chi connectivity index (χ0) is 18.5. The molecule has 1 aromatic rings. The summed E-state index contributed by atoms with van der Waals surface area (Å²) in [5, 5.41) is 0. The molecule has 6 nitrogen and oxygen atoms in total. The summed E-state index contributed by atoms with van der Waals surface area (Å²) in [5.41, 5.74) is 1.69. The number of piperidine rings is 1. The predicted octanol–water partition coefficient (Wildman–Crippen LogP) is 2.22. The molecule has 2 saturated heterocycles. The Labute approximate surface area is 154 Å². The molecule has 0 unspecified atom stereocenters. The fourth-order valence-corrected chi connectivity index (χ4v) is 3.61. The van der Waals surface area contributed by atoms with Crippen LogP contribution in [0.25, 0.3) is 0 Å². The fourth-order valence-electron chi connectivity index (χ4n) is 3.61. The molecule has 2 fully saturated rings. The third kappa shape index (κ3) is 4.23. The van der Waals surface area contributed by atoms with Gasteiger partial charge in [-0.25, -0.2) is 0 Å². The first kappa shape index (κ1) is 18.4. The Kier molecular flexibility index (Phi) is 5.91. The van der Waals surface area contributed by atoms with E-state index < -0.39 is 0 Å². The molecule has 0 atom stereocenters. The van der Waals surface area contributed by atoms with Crippen LogP contribution >= 0.6 is 0 Å². The Morgan fingerprint density at radius 1 is 1.12 bits per heavy atom. The molecule has 2 amide bonds. The van der Waals surface area contributed by atoms with Crippen LogP contribution in [0.2, 0.25) is 0 Å². The van der Waals surface area contributed by atoms with Crippen LogP contribution in [0.15, 0.2) is 24.3 Å². The van der Waals surface area contributed by atoms with E-state index in [0.717, 1.165) is 18.5 Å². The van der Waals surface area contributed by atoms with E-state index in [1.807, 2.05) is 29.2 Å². The van der Waals surface area contributed by atoms with Crippen molar-refractivity contribution in [2.24, 2.45) is 5.92 Å². The monoisotopic (exact) mass is 358 g/mol. The third-order valence-corrected chi connectivity index (χ3v) is 5.15. The van der Waals surface area contributed by atoms with E-state index in [0.29, 0.717) is 51.1 Å². The minimum atomic E-state index is -0.152. The molecule has 140 valence electrons. The molecule has 1 aromatic carbocycles. The summed E-state index contributed by atoms with van der Waals surface area (Å²) in [4.78, 5) is 39.8. The van der Waals surface area contributed by atoms with E-state index in [1.54, 1.807) is 11.8 Å². The molecule has 2 aliphatic rings. The largest absolute Gasteiger partial charge is 0.466 e. The summed E-state index contributed by atoms with van der Waals surface area (Å²) < 4.78 is 5.07. The molecule has 0 spiro atoms. The number of rotatable bonds is 5. The van der Waals surface area contributed by atoms with Crippen molar-refractivity contribution in [1.29, 1.82) is 0 Å². The lowest BCUT2D eigenvalue weighted by Gasteiger charge is -2.31. The average Bonchev–Trinajstić information content (AvgIpc) is 3.07. The van der Waals surface area contributed by atoms with Gasteiger partial charge in [-0.2, -0.15) is 0 Å². The number of benzene rings is 1. The zero-order valence-corrected chi connectivity index (χ0v) is 15.3. The summed E-state index contributed by atoms with van der Waals surface area (Å²) in [5.74, 6) is -0.0504. The lowest BCUT2D eigenvalue weighted by atomic mass is 9.96. The highest BCUT2D eigenvalue weighted by atomic mass is 16.5. The summed E-state index contributed by atoms with van der Waals surface area (Å²) in [7, 11) is 0. The van der Waals surface area contributed by atoms with Crippen molar-refractivity contribution in [3.63, 3.8) is 0 Å². The third-order valence-electron chi connectivity index (χ3n) is 5.15. The number of ether oxygens (including phenoxy) is 1. The highest BCUT2D eigenvalue weighted by Crippen LogP contribution is 2.21. The standard InChI is InChI=1S/C20H26N2O4/c1-2-26-20(25)17-9-12-21(13-10-17)19(24)16-7-5-15(6-8-16)14-22-11-3-4-18(22)23/h5-8,17H,2-4,9-14H2,1H3. The van der Waals surface area contributed by atoms with E-state index in [2.05, 4.69) is 0 Å². The molecule has 2 heterocycles. The summed E-state index contributed by atoms with van der Waals surface area (Å²) in [6.45, 7) is 4.78. The second kappa shape index (κ2) is 8.34. The van der Waals surface area contributed by atoms with Gasteiger partial charge in [0.1, 0.15) is 0 Å². The maximum Gasteiger partial charge on any atom is 0.309 e. The van der Waals surface area contributed by atoms with Gasteiger partial charge in [-0.05, 0) is 43.9 Å². The molecule has 6 heteroatoms. The molecular weight excluding hydrogens is 332 g/mol. The number of esters is 1. The Morgan fingerprint density at radius 3 is 2.38 bits per heavy atom. The Balaban J connectivity index is 1.53. The summed E-state index contributed by atoms with van der Waals surface area (Å²) in [6.07, 6.45) is 2.87. The van der Waals surface area contributed by atoms with Gasteiger partial charge < -0.3 is 14.5 Å². The van der Waals surface area contributed by atoms with Gasteiger partial charge in [0.25, 0.3) is 5.91 Å². The van der Waals surface area contributed by atoms with Gasteiger partial charge in [-0.1, -0.05) is 12.1 Å². The minimum Gasteiger partial charge on any atom is -0.466 e. The smallest absolute Gasteiger partial charge is 0.309 e. The number of amides is 2. The SMILES string of the molecule is CCOC(=O)C1CCN(C(=O)c2ccc(CN3CCCC3=O)cc2)CC1. The first-order valence-electron chi connectivity index (χ1n) is 9.41. The van der Waals surface area contributed by atoms with Crippen LogP contribution in [0.4, 0.5) is 0 Å². The van der Waals surface area contributed by atoms with Crippen molar-refractivity contribution >= 4 is 17.8 Å². The van der Waals surface area contributed by atoms with Crippen molar-refractivity contribution in [3.8, 4) is 0 Å². The van der Waals surface area contributed by atoms with Crippen molar-refractivity contribution in [1.82, 2.24) is 9.80 Å². The topological polar surface area (TPSA) is 66.9 Å². The van der Waals surface area contributed by atoms with Gasteiger partial charge in [0, 0.05) is 38.2 Å². The lowest BCUT2D eigenvalue weighted by Crippen LogP contribution is -2.40. The highest BCUT2D eigenvalue weighted by molar-refractivity contribution is 5.94. The number of likely N-dealkylation sites (tertiary alicyclic amines) is 2. The summed E-state index contributed by atoms with van der Waals surface area (Å²) in [6, 6.07) is 7.50. The van der Waals surface area contributed by atoms with Crippen LogP contribution in [0.3, 0.4) is 0 Å². The second-order valence-electron chi connectivity index (χ2n) is 6.93. The molecule has 0 radical (unpaired) electrons. The van der Waals surface area contributed by atoms with Crippen LogP contribution < -0.4 is 0 Å². The van der Waals surface area contributed by atoms with Crippen LogP contribution in [0.1, 0.15) is 48.5 Å². The maximum absolute atomic E-state index is 12.7. The number of carbonyl (C=O) groups is 3. The lowest BCUT2D eigenvalue weighted by molar-refractivity contribution is -0.149. The second-order valence-corrected chi connectivity index (χ2v) is 6.93. The number of carbonyl (C=O) groups excluding carboxylic acids is 3. The van der Waals surface area contributed by atoms with Crippen LogP contribution in [-0.2, 0) is 20.9 Å². The summed E-state index contributed by atoms with van der Waals surface area (Å²) >= 11 is 0. The van der Waals surface area contributed by atoms with Gasteiger partial charge in [-0.3, -0.25) is 14.4 Å². The molecule has 26 heavy (non-hydrogen) atoms. The van der Waals surface area contributed by atoms with Gasteiger partial charge in [0.05, 0.1) is 12.5 Å². The predicted molar refractivity (Wildman–Crippen MR) is 96.4 cm³/mol. The fraction of sp³-hybridized carbons (Fsp3) is 0.550. The van der Waals surface area contributed by atoms with Gasteiger partial charge in [0.2, 0.25) is 5.91 Å². The molecule has 0 aromatic heterocycles. The van der Waals surface area contributed by atoms with Gasteiger partial charge in [-0.15, -0.1) is 0 Å². The molecule has 0 saturated carbocycles. The van der Waals surface area contributed by atoms with E-state index in [1.165, 1.54) is 0 Å². The zero-order valence-electron chi connectivity index (χ0n) is 15.3. The average molecular weight is 358 g/mol. The molecule has 0 bridgehead atoms. The van der Waals surface area contributed by atoms with E-state index >= 15 is 0 Å². The van der Waals surface area contributed by atoms with Crippen molar-refractivity contribution < 1.29 is 19.1 Å². The van der Waals surface area contributed by atoms with Crippen molar-refractivity contribution in [3.05, 3.63) is 35.4 Å².